The van der Waals surface area contributed by atoms with Gasteiger partial charge in [-0.05, 0) is 23.3 Å². The number of nitrogens with zero attached hydrogens (tertiary/aromatic N) is 3. The normalized spacial score (nSPS) is 15.4. The SMILES string of the molecule is CN=C(NCc1cccc(NC(C)=O)c1)N1CCN(C/C=C/c2ccccc2)CC1. The van der Waals surface area contributed by atoms with Crippen molar-refractivity contribution < 1.29 is 4.79 Å². The quantitative estimate of drug-likeness (QED) is 0.573. The molecule has 0 atom stereocenters. The maximum Gasteiger partial charge on any atom is 0.221 e. The van der Waals surface area contributed by atoms with Gasteiger partial charge in [-0.1, -0.05) is 54.6 Å². The molecule has 1 heterocycles. The van der Waals surface area contributed by atoms with Crippen molar-refractivity contribution in [1.82, 2.24) is 15.1 Å². The summed E-state index contributed by atoms with van der Waals surface area (Å²) in [7, 11) is 1.82. The van der Waals surface area contributed by atoms with Crippen LogP contribution in [0.4, 0.5) is 5.69 Å². The molecule has 1 fully saturated rings. The lowest BCUT2D eigenvalue weighted by molar-refractivity contribution is -0.114. The molecule has 6 nitrogen and oxygen atoms in total. The highest BCUT2D eigenvalue weighted by molar-refractivity contribution is 5.88. The Labute approximate surface area is 179 Å². The lowest BCUT2D eigenvalue weighted by Gasteiger charge is -2.36. The summed E-state index contributed by atoms with van der Waals surface area (Å²) in [4.78, 5) is 20.5. The van der Waals surface area contributed by atoms with Crippen LogP contribution in [0.5, 0.6) is 0 Å². The summed E-state index contributed by atoms with van der Waals surface area (Å²) in [6.45, 7) is 7.07. The third-order valence-electron chi connectivity index (χ3n) is 5.06. The minimum atomic E-state index is -0.0626. The minimum Gasteiger partial charge on any atom is -0.352 e. The highest BCUT2D eigenvalue weighted by atomic mass is 16.1. The van der Waals surface area contributed by atoms with E-state index in [9.17, 15) is 4.79 Å². The molecule has 0 aliphatic carbocycles. The van der Waals surface area contributed by atoms with Crippen LogP contribution < -0.4 is 10.6 Å². The average Bonchev–Trinajstić information content (AvgIpc) is 2.76. The van der Waals surface area contributed by atoms with Gasteiger partial charge in [0.2, 0.25) is 5.91 Å². The summed E-state index contributed by atoms with van der Waals surface area (Å²) < 4.78 is 0. The van der Waals surface area contributed by atoms with Crippen LogP contribution in [-0.2, 0) is 11.3 Å². The first-order valence-electron chi connectivity index (χ1n) is 10.4. The second-order valence-electron chi connectivity index (χ2n) is 7.38. The Bertz CT molecular complexity index is 870. The van der Waals surface area contributed by atoms with Crippen molar-refractivity contribution in [1.29, 1.82) is 0 Å². The van der Waals surface area contributed by atoms with Gasteiger partial charge in [-0.2, -0.15) is 0 Å². The van der Waals surface area contributed by atoms with E-state index in [-0.39, 0.29) is 5.91 Å². The number of amides is 1. The van der Waals surface area contributed by atoms with Gasteiger partial charge in [-0.15, -0.1) is 0 Å². The lowest BCUT2D eigenvalue weighted by atomic mass is 10.2. The van der Waals surface area contributed by atoms with Crippen LogP contribution in [0.3, 0.4) is 0 Å². The van der Waals surface area contributed by atoms with Crippen LogP contribution in [0.2, 0.25) is 0 Å². The van der Waals surface area contributed by atoms with E-state index in [0.29, 0.717) is 6.54 Å². The van der Waals surface area contributed by atoms with Crippen LogP contribution in [0, 0.1) is 0 Å². The van der Waals surface area contributed by atoms with E-state index in [1.54, 1.807) is 0 Å². The predicted octanol–water partition coefficient (Wildman–Crippen LogP) is 3.05. The molecule has 3 rings (SSSR count). The third-order valence-corrected chi connectivity index (χ3v) is 5.06. The molecule has 1 aliphatic heterocycles. The van der Waals surface area contributed by atoms with Gasteiger partial charge in [0, 0.05) is 58.9 Å². The maximum absolute atomic E-state index is 11.2. The molecule has 0 radical (unpaired) electrons. The summed E-state index contributed by atoms with van der Waals surface area (Å²) in [6.07, 6.45) is 4.42. The molecule has 158 valence electrons. The summed E-state index contributed by atoms with van der Waals surface area (Å²) in [5.74, 6) is 0.854. The van der Waals surface area contributed by atoms with Crippen LogP contribution in [0.25, 0.3) is 6.08 Å². The van der Waals surface area contributed by atoms with Gasteiger partial charge in [-0.25, -0.2) is 0 Å². The molecule has 1 saturated heterocycles. The molecular weight excluding hydrogens is 374 g/mol. The van der Waals surface area contributed by atoms with Crippen LogP contribution >= 0.6 is 0 Å². The van der Waals surface area contributed by atoms with Crippen molar-refractivity contribution in [3.63, 3.8) is 0 Å². The van der Waals surface area contributed by atoms with E-state index in [1.807, 2.05) is 37.4 Å². The van der Waals surface area contributed by atoms with Crippen molar-refractivity contribution in [3.8, 4) is 0 Å². The number of aliphatic imine (C=N–C) groups is 1. The van der Waals surface area contributed by atoms with Gasteiger partial charge in [0.15, 0.2) is 5.96 Å². The van der Waals surface area contributed by atoms with E-state index in [1.165, 1.54) is 12.5 Å². The molecule has 30 heavy (non-hydrogen) atoms. The molecule has 1 amide bonds. The van der Waals surface area contributed by atoms with E-state index in [4.69, 9.17) is 0 Å². The molecule has 0 unspecified atom stereocenters. The number of rotatable bonds is 6. The largest absolute Gasteiger partial charge is 0.352 e. The minimum absolute atomic E-state index is 0.0626. The van der Waals surface area contributed by atoms with Crippen LogP contribution in [-0.4, -0.2) is 61.4 Å². The number of nitrogens with one attached hydrogen (secondary N) is 2. The first-order valence-corrected chi connectivity index (χ1v) is 10.4. The third kappa shape index (κ3) is 6.74. The van der Waals surface area contributed by atoms with E-state index in [0.717, 1.165) is 49.9 Å². The second-order valence-corrected chi connectivity index (χ2v) is 7.38. The zero-order chi connectivity index (χ0) is 21.2. The molecule has 0 aromatic heterocycles. The number of hydrogen-bond acceptors (Lipinski definition) is 3. The van der Waals surface area contributed by atoms with Crippen molar-refractivity contribution in [2.45, 2.75) is 13.5 Å². The monoisotopic (exact) mass is 405 g/mol. The summed E-state index contributed by atoms with van der Waals surface area (Å²) in [5, 5.41) is 6.27. The highest BCUT2D eigenvalue weighted by Crippen LogP contribution is 2.11. The summed E-state index contributed by atoms with van der Waals surface area (Å²) >= 11 is 0. The number of guanidine groups is 1. The number of hydrogen-bond donors (Lipinski definition) is 2. The highest BCUT2D eigenvalue weighted by Gasteiger charge is 2.18. The fourth-order valence-electron chi connectivity index (χ4n) is 3.52. The predicted molar refractivity (Wildman–Crippen MR) is 124 cm³/mol. The number of carbonyl (C=O) groups excluding carboxylic acids is 1. The van der Waals surface area contributed by atoms with Gasteiger partial charge in [0.25, 0.3) is 0 Å². The molecular formula is C24H31N5O. The van der Waals surface area contributed by atoms with E-state index in [2.05, 4.69) is 61.8 Å². The zero-order valence-corrected chi connectivity index (χ0v) is 17.8. The van der Waals surface area contributed by atoms with Crippen LogP contribution in [0.15, 0.2) is 65.7 Å². The second kappa shape index (κ2) is 11.2. The number of piperazine rings is 1. The Morgan fingerprint density at radius 1 is 1.07 bits per heavy atom. The molecule has 0 spiro atoms. The fraction of sp³-hybridized carbons (Fsp3) is 0.333. The van der Waals surface area contributed by atoms with Crippen molar-refractivity contribution in [2.75, 3.05) is 45.1 Å². The molecule has 6 heteroatoms. The maximum atomic E-state index is 11.2. The van der Waals surface area contributed by atoms with Gasteiger partial charge in [-0.3, -0.25) is 14.7 Å². The summed E-state index contributed by atoms with van der Waals surface area (Å²) in [5.41, 5.74) is 3.16. The van der Waals surface area contributed by atoms with Gasteiger partial charge in [0.1, 0.15) is 0 Å². The summed E-state index contributed by atoms with van der Waals surface area (Å²) in [6, 6.07) is 18.3. The number of carbonyl (C=O) groups is 1. The van der Waals surface area contributed by atoms with Crippen molar-refractivity contribution >= 4 is 23.6 Å². The van der Waals surface area contributed by atoms with Crippen molar-refractivity contribution in [3.05, 3.63) is 71.8 Å². The Hall–Kier alpha value is -3.12. The molecule has 1 aliphatic rings. The molecule has 2 aromatic rings. The first-order chi connectivity index (χ1) is 14.6. The first kappa shape index (κ1) is 21.6. The fourth-order valence-corrected chi connectivity index (χ4v) is 3.52. The van der Waals surface area contributed by atoms with Gasteiger partial charge >= 0.3 is 0 Å². The average molecular weight is 406 g/mol. The number of benzene rings is 2. The van der Waals surface area contributed by atoms with Crippen LogP contribution in [0.1, 0.15) is 18.1 Å². The Morgan fingerprint density at radius 2 is 1.83 bits per heavy atom. The van der Waals surface area contributed by atoms with E-state index >= 15 is 0 Å². The number of anilines is 1. The zero-order valence-electron chi connectivity index (χ0n) is 17.8. The molecule has 0 bridgehead atoms. The standard InChI is InChI=1S/C24H31N5O/c1-20(30)27-23-12-6-10-22(18-23)19-26-24(25-2)29-16-14-28(15-17-29)13-7-11-21-8-4-3-5-9-21/h3-12,18H,13-17,19H2,1-2H3,(H,25,26)(H,27,30)/b11-7+. The van der Waals surface area contributed by atoms with E-state index < -0.39 is 0 Å². The molecule has 0 saturated carbocycles. The lowest BCUT2D eigenvalue weighted by Crippen LogP contribution is -2.52. The molecule has 2 aromatic carbocycles. The smallest absolute Gasteiger partial charge is 0.221 e. The Morgan fingerprint density at radius 3 is 2.53 bits per heavy atom. The Kier molecular flexibility index (Phi) is 8.03. The van der Waals surface area contributed by atoms with Crippen molar-refractivity contribution in [2.24, 2.45) is 4.99 Å². The molecule has 2 N–H and O–H groups in total. The Balaban J connectivity index is 1.45. The van der Waals surface area contributed by atoms with Gasteiger partial charge in [0.05, 0.1) is 0 Å². The topological polar surface area (TPSA) is 60.0 Å². The van der Waals surface area contributed by atoms with Gasteiger partial charge < -0.3 is 15.5 Å².